The molecule has 4 atom stereocenters. The van der Waals surface area contributed by atoms with Gasteiger partial charge >= 0.3 is 5.97 Å². The van der Waals surface area contributed by atoms with E-state index in [1.54, 1.807) is 13.9 Å². The van der Waals surface area contributed by atoms with Crippen LogP contribution < -0.4 is 16.0 Å². The van der Waals surface area contributed by atoms with Crippen molar-refractivity contribution in [2.75, 3.05) is 13.6 Å². The van der Waals surface area contributed by atoms with Crippen LogP contribution in [0.5, 0.6) is 0 Å². The van der Waals surface area contributed by atoms with Crippen molar-refractivity contribution in [3.05, 3.63) is 0 Å². The molecule has 4 unspecified atom stereocenters. The van der Waals surface area contributed by atoms with E-state index < -0.39 is 18.9 Å². The highest BCUT2D eigenvalue weighted by Gasteiger charge is 2.41. The van der Waals surface area contributed by atoms with Gasteiger partial charge in [0.2, 0.25) is 5.91 Å². The molecular weight excluding hydrogens is 297 g/mol. The highest BCUT2D eigenvalue weighted by molar-refractivity contribution is 6.48. The summed E-state index contributed by atoms with van der Waals surface area (Å²) in [5.41, 5.74) is 0. The zero-order chi connectivity index (χ0) is 17.6. The first kappa shape index (κ1) is 19.9. The second kappa shape index (κ2) is 9.25. The lowest BCUT2D eigenvalue weighted by Crippen LogP contribution is -2.51. The van der Waals surface area contributed by atoms with Gasteiger partial charge in [0.25, 0.3) is 6.92 Å². The number of carbonyl (C=O) groups excluding carboxylic acids is 1. The summed E-state index contributed by atoms with van der Waals surface area (Å²) < 4.78 is 0. The first-order chi connectivity index (χ1) is 10.8. The van der Waals surface area contributed by atoms with Crippen LogP contribution in [0.2, 0.25) is 13.1 Å². The minimum atomic E-state index is -0.891. The van der Waals surface area contributed by atoms with Crippen LogP contribution >= 0.6 is 0 Å². The summed E-state index contributed by atoms with van der Waals surface area (Å²) in [6, 6.07) is -1.15. The third-order valence-electron chi connectivity index (χ3n) is 4.52. The smallest absolute Gasteiger partial charge is 0.321 e. The van der Waals surface area contributed by atoms with Crippen LogP contribution in [-0.2, 0) is 9.59 Å². The van der Waals surface area contributed by atoms with E-state index in [1.165, 1.54) is 0 Å². The van der Waals surface area contributed by atoms with Crippen molar-refractivity contribution < 1.29 is 19.7 Å². The van der Waals surface area contributed by atoms with E-state index in [0.29, 0.717) is 19.3 Å². The Hall–Kier alpha value is -1.12. The van der Waals surface area contributed by atoms with E-state index in [4.69, 9.17) is 0 Å². The third-order valence-corrected chi connectivity index (χ3v) is 4.52. The molecule has 0 spiro atoms. The van der Waals surface area contributed by atoms with Gasteiger partial charge in [0.05, 0.1) is 6.04 Å². The number of rotatable bonds is 9. The average molecular weight is 327 g/mol. The van der Waals surface area contributed by atoms with Gasteiger partial charge in [0.15, 0.2) is 0 Å². The maximum atomic E-state index is 12.4. The maximum absolute atomic E-state index is 12.4. The molecule has 1 rings (SSSR count). The van der Waals surface area contributed by atoms with Crippen molar-refractivity contribution in [3.8, 4) is 0 Å². The molecule has 0 aliphatic carbocycles. The monoisotopic (exact) mass is 327 g/mol. The highest BCUT2D eigenvalue weighted by Crippen LogP contribution is 2.24. The second-order valence-electron chi connectivity index (χ2n) is 6.79. The third kappa shape index (κ3) is 5.78. The number of aliphatic carboxylic acids is 1. The first-order valence-electron chi connectivity index (χ1n) is 8.39. The molecule has 1 amide bonds. The Labute approximate surface area is 138 Å². The normalized spacial score (nSPS) is 25.4. The molecule has 5 N–H and O–H groups in total. The van der Waals surface area contributed by atoms with E-state index in [2.05, 4.69) is 16.0 Å². The summed E-state index contributed by atoms with van der Waals surface area (Å²) in [6.45, 7) is 5.72. The Bertz CT molecular complexity index is 406. The number of hydrogen-bond acceptors (Lipinski definition) is 5. The van der Waals surface area contributed by atoms with Crippen molar-refractivity contribution in [1.29, 1.82) is 0 Å². The van der Waals surface area contributed by atoms with E-state index in [-0.39, 0.29) is 29.8 Å². The van der Waals surface area contributed by atoms with Crippen molar-refractivity contribution in [2.45, 2.75) is 58.0 Å². The van der Waals surface area contributed by atoms with Crippen LogP contribution in [0.3, 0.4) is 0 Å². The zero-order valence-electron chi connectivity index (χ0n) is 14.5. The van der Waals surface area contributed by atoms with Crippen LogP contribution in [0.25, 0.3) is 0 Å². The van der Waals surface area contributed by atoms with Gasteiger partial charge in [-0.05, 0) is 25.7 Å². The molecule has 1 heterocycles. The van der Waals surface area contributed by atoms with Crippen molar-refractivity contribution in [2.24, 2.45) is 11.8 Å². The van der Waals surface area contributed by atoms with Gasteiger partial charge in [-0.2, -0.15) is 0 Å². The average Bonchev–Trinajstić information content (AvgIpc) is 2.82. The van der Waals surface area contributed by atoms with Gasteiger partial charge in [-0.1, -0.05) is 27.1 Å². The number of hydrogen-bond donors (Lipinski definition) is 5. The summed E-state index contributed by atoms with van der Waals surface area (Å²) in [7, 11) is 1.75. The van der Waals surface area contributed by atoms with Crippen molar-refractivity contribution in [1.82, 2.24) is 16.0 Å². The Balaban J connectivity index is 2.70. The number of carbonyl (C=O) groups is 2. The van der Waals surface area contributed by atoms with Gasteiger partial charge in [-0.25, -0.2) is 0 Å². The Morgan fingerprint density at radius 1 is 1.39 bits per heavy atom. The molecule has 0 aromatic carbocycles. The maximum Gasteiger partial charge on any atom is 0.321 e. The molecule has 1 aliphatic rings. The quantitative estimate of drug-likeness (QED) is 0.375. The van der Waals surface area contributed by atoms with Gasteiger partial charge in [-0.15, -0.1) is 0 Å². The lowest BCUT2D eigenvalue weighted by molar-refractivity contribution is -0.140. The van der Waals surface area contributed by atoms with Crippen LogP contribution in [0.4, 0.5) is 0 Å². The predicted octanol–water partition coefficient (Wildman–Crippen LogP) is -0.218. The Morgan fingerprint density at radius 3 is 2.52 bits per heavy atom. The van der Waals surface area contributed by atoms with Gasteiger partial charge in [-0.3, -0.25) is 9.59 Å². The van der Waals surface area contributed by atoms with Gasteiger partial charge in [0, 0.05) is 18.5 Å². The number of carboxylic acid groups (broad SMARTS) is 1. The standard InChI is InChI=1S/C15H30BN3O4/c1-9(2)12(17-4)14(20)19-11-8-18-13(15(21)22)10(11)6-5-7-16(3)23/h9-13,17-18,23H,5-8H2,1-4H3,(H,19,20)(H,21,22). The summed E-state index contributed by atoms with van der Waals surface area (Å²) in [6.07, 6.45) is 2.03. The molecule has 1 fully saturated rings. The lowest BCUT2D eigenvalue weighted by Gasteiger charge is -2.26. The number of nitrogens with one attached hydrogen (secondary N) is 3. The summed E-state index contributed by atoms with van der Waals surface area (Å²) in [5.74, 6) is -1.00. The van der Waals surface area contributed by atoms with E-state index in [0.717, 1.165) is 6.42 Å². The minimum absolute atomic E-state index is 0.0964. The van der Waals surface area contributed by atoms with Gasteiger partial charge in [0.1, 0.15) is 6.04 Å². The molecule has 0 saturated carbocycles. The minimum Gasteiger partial charge on any atom is -0.480 e. The number of amides is 1. The van der Waals surface area contributed by atoms with Crippen LogP contribution in [0.1, 0.15) is 26.7 Å². The molecule has 132 valence electrons. The second-order valence-corrected chi connectivity index (χ2v) is 6.79. The van der Waals surface area contributed by atoms with Gasteiger partial charge < -0.3 is 26.1 Å². The van der Waals surface area contributed by atoms with Crippen LogP contribution in [-0.4, -0.2) is 60.6 Å². The molecule has 0 aromatic rings. The zero-order valence-corrected chi connectivity index (χ0v) is 14.5. The summed E-state index contributed by atoms with van der Waals surface area (Å²) >= 11 is 0. The fourth-order valence-electron chi connectivity index (χ4n) is 3.27. The topological polar surface area (TPSA) is 111 Å². The molecule has 0 radical (unpaired) electrons. The molecule has 1 saturated heterocycles. The van der Waals surface area contributed by atoms with E-state index in [9.17, 15) is 19.7 Å². The van der Waals surface area contributed by atoms with Crippen LogP contribution in [0, 0.1) is 11.8 Å². The summed E-state index contributed by atoms with van der Waals surface area (Å²) in [5, 5.41) is 27.7. The molecule has 23 heavy (non-hydrogen) atoms. The van der Waals surface area contributed by atoms with Crippen LogP contribution in [0.15, 0.2) is 0 Å². The fourth-order valence-corrected chi connectivity index (χ4v) is 3.27. The van der Waals surface area contributed by atoms with Crippen molar-refractivity contribution >= 4 is 18.8 Å². The molecule has 1 aliphatic heterocycles. The number of likely N-dealkylation sites (N-methyl/N-ethyl adjacent to an activating group) is 1. The summed E-state index contributed by atoms with van der Waals surface area (Å²) in [4.78, 5) is 23.8. The molecule has 8 heteroatoms. The fraction of sp³-hybridized carbons (Fsp3) is 0.867. The van der Waals surface area contributed by atoms with Crippen molar-refractivity contribution in [3.63, 3.8) is 0 Å². The Morgan fingerprint density at radius 2 is 2.04 bits per heavy atom. The molecule has 0 aromatic heterocycles. The highest BCUT2D eigenvalue weighted by atomic mass is 16.4. The lowest BCUT2D eigenvalue weighted by atomic mass is 9.66. The molecule has 7 nitrogen and oxygen atoms in total. The van der Waals surface area contributed by atoms with E-state index >= 15 is 0 Å². The first-order valence-corrected chi connectivity index (χ1v) is 8.39. The molecular formula is C15H30BN3O4. The predicted molar refractivity (Wildman–Crippen MR) is 90.4 cm³/mol. The van der Waals surface area contributed by atoms with E-state index in [1.807, 2.05) is 13.8 Å². The largest absolute Gasteiger partial charge is 0.480 e. The SMILES string of the molecule is CNC(C(=O)NC1CNC(C(=O)O)C1CCCB(C)O)C(C)C. The Kier molecular flexibility index (Phi) is 8.01. The number of carboxylic acids is 1. The molecule has 0 bridgehead atoms.